The van der Waals surface area contributed by atoms with Crippen molar-refractivity contribution in [3.8, 4) is 0 Å². The number of hydrogen-bond acceptors (Lipinski definition) is 6. The first kappa shape index (κ1) is 22.1. The molecular weight excluding hydrogens is 360 g/mol. The molecule has 0 amide bonds. The molecule has 146 valence electrons. The lowest BCUT2D eigenvalue weighted by Crippen LogP contribution is -2.15. The van der Waals surface area contributed by atoms with Crippen molar-refractivity contribution in [2.45, 2.75) is 45.4 Å². The van der Waals surface area contributed by atoms with Gasteiger partial charge in [0.2, 0.25) is 0 Å². The van der Waals surface area contributed by atoms with E-state index < -0.39 is 27.0 Å². The number of ether oxygens (including phenoxy) is 2. The number of benzene rings is 1. The van der Waals surface area contributed by atoms with E-state index in [1.807, 2.05) is 27.7 Å². The van der Waals surface area contributed by atoms with Crippen molar-refractivity contribution in [3.05, 3.63) is 29.3 Å². The van der Waals surface area contributed by atoms with Crippen molar-refractivity contribution in [1.82, 2.24) is 0 Å². The minimum Gasteiger partial charge on any atom is -0.462 e. The number of carbonyl (C=O) groups excluding carboxylic acids is 2. The van der Waals surface area contributed by atoms with Gasteiger partial charge in [-0.15, -0.1) is 0 Å². The second-order valence-electron chi connectivity index (χ2n) is 6.44. The summed E-state index contributed by atoms with van der Waals surface area (Å²) in [4.78, 5) is 23.8. The van der Waals surface area contributed by atoms with Crippen molar-refractivity contribution >= 4 is 22.1 Å². The van der Waals surface area contributed by atoms with Gasteiger partial charge in [0, 0.05) is 0 Å². The van der Waals surface area contributed by atoms with Crippen molar-refractivity contribution in [2.75, 3.05) is 13.2 Å². The monoisotopic (exact) mass is 386 g/mol. The fourth-order valence-corrected chi connectivity index (χ4v) is 2.37. The minimum absolute atomic E-state index is 0.140. The molecule has 0 saturated heterocycles. The van der Waals surface area contributed by atoms with Crippen molar-refractivity contribution in [3.63, 3.8) is 0 Å². The molecule has 0 radical (unpaired) electrons. The van der Waals surface area contributed by atoms with Gasteiger partial charge in [-0.25, -0.2) is 9.59 Å². The number of rotatable bonds is 9. The van der Waals surface area contributed by atoms with E-state index >= 15 is 0 Å². The molecule has 0 aliphatic carbocycles. The molecule has 0 aromatic heterocycles. The summed E-state index contributed by atoms with van der Waals surface area (Å²) in [6.45, 7) is 8.03. The molecule has 2 atom stereocenters. The Morgan fingerprint density at radius 1 is 0.923 bits per heavy atom. The van der Waals surface area contributed by atoms with E-state index in [9.17, 15) is 22.6 Å². The molecule has 1 N–H and O–H groups in total. The van der Waals surface area contributed by atoms with E-state index in [4.69, 9.17) is 9.47 Å². The summed E-state index contributed by atoms with van der Waals surface area (Å²) in [6.07, 6.45) is 1.62. The van der Waals surface area contributed by atoms with Crippen molar-refractivity contribution < 1.29 is 32.0 Å². The Hall–Kier alpha value is -1.93. The first-order valence-corrected chi connectivity index (χ1v) is 9.99. The van der Waals surface area contributed by atoms with Crippen LogP contribution >= 0.6 is 0 Å². The maximum absolute atomic E-state index is 12.2. The van der Waals surface area contributed by atoms with Gasteiger partial charge in [0.15, 0.2) is 0 Å². The Balaban J connectivity index is 3.11. The molecule has 0 fully saturated rings. The van der Waals surface area contributed by atoms with Crippen LogP contribution in [0.25, 0.3) is 0 Å². The van der Waals surface area contributed by atoms with Gasteiger partial charge in [-0.05, 0) is 30.0 Å². The Morgan fingerprint density at radius 3 is 1.62 bits per heavy atom. The number of hydrogen-bond donors (Lipinski definition) is 1. The van der Waals surface area contributed by atoms with Crippen LogP contribution in [-0.2, 0) is 19.6 Å². The molecule has 0 spiro atoms. The van der Waals surface area contributed by atoms with E-state index in [1.54, 1.807) is 0 Å². The SMILES string of the molecule is CCC(C)COC(=O)c1cc(C(=O)OCC(C)CC)cc(S(=O)(=O)O)c1. The third-order valence-electron chi connectivity index (χ3n) is 4.07. The lowest BCUT2D eigenvalue weighted by molar-refractivity contribution is 0.0444. The predicted octanol–water partition coefficient (Wildman–Crippen LogP) is 3.34. The zero-order valence-corrected chi connectivity index (χ0v) is 16.3. The van der Waals surface area contributed by atoms with E-state index in [1.165, 1.54) is 6.07 Å². The van der Waals surface area contributed by atoms with E-state index in [2.05, 4.69) is 0 Å². The lowest BCUT2D eigenvalue weighted by atomic mass is 10.1. The fraction of sp³-hybridized carbons (Fsp3) is 0.556. The van der Waals surface area contributed by atoms with E-state index in [0.29, 0.717) is 0 Å². The summed E-state index contributed by atoms with van der Waals surface area (Å²) in [5, 5.41) is 0. The van der Waals surface area contributed by atoms with Gasteiger partial charge in [-0.1, -0.05) is 40.5 Å². The summed E-state index contributed by atoms with van der Waals surface area (Å²) in [5.74, 6) is -1.26. The predicted molar refractivity (Wildman–Crippen MR) is 95.7 cm³/mol. The first-order valence-electron chi connectivity index (χ1n) is 8.55. The van der Waals surface area contributed by atoms with Gasteiger partial charge in [0.05, 0.1) is 29.2 Å². The Bertz CT molecular complexity index is 696. The van der Waals surface area contributed by atoms with Crippen molar-refractivity contribution in [2.24, 2.45) is 11.8 Å². The van der Waals surface area contributed by atoms with Gasteiger partial charge in [0.1, 0.15) is 0 Å². The third-order valence-corrected chi connectivity index (χ3v) is 4.90. The van der Waals surface area contributed by atoms with Crippen LogP contribution in [0.4, 0.5) is 0 Å². The molecule has 1 aromatic carbocycles. The summed E-state index contributed by atoms with van der Waals surface area (Å²) in [6, 6.07) is 3.14. The quantitative estimate of drug-likeness (QED) is 0.512. The van der Waals surface area contributed by atoms with Crippen LogP contribution in [0, 0.1) is 11.8 Å². The molecule has 26 heavy (non-hydrogen) atoms. The highest BCUT2D eigenvalue weighted by molar-refractivity contribution is 7.85. The van der Waals surface area contributed by atoms with Crippen LogP contribution in [-0.4, -0.2) is 38.1 Å². The fourth-order valence-electron chi connectivity index (χ4n) is 1.82. The number of esters is 2. The summed E-state index contributed by atoms with van der Waals surface area (Å²) >= 11 is 0. The molecule has 2 unspecified atom stereocenters. The van der Waals surface area contributed by atoms with Crippen LogP contribution in [0.5, 0.6) is 0 Å². The van der Waals surface area contributed by atoms with E-state index in [0.717, 1.165) is 25.0 Å². The molecular formula is C18H26O7S. The second-order valence-corrected chi connectivity index (χ2v) is 7.87. The Kier molecular flexibility index (Phi) is 8.23. The molecule has 0 aliphatic rings. The molecule has 0 heterocycles. The van der Waals surface area contributed by atoms with Gasteiger partial charge in [-0.3, -0.25) is 4.55 Å². The topological polar surface area (TPSA) is 107 Å². The summed E-state index contributed by atoms with van der Waals surface area (Å²) in [5.41, 5.74) is -0.280. The Labute approximate surface area is 154 Å². The highest BCUT2D eigenvalue weighted by Crippen LogP contribution is 2.18. The first-order chi connectivity index (χ1) is 12.1. The van der Waals surface area contributed by atoms with Crippen LogP contribution in [0.15, 0.2) is 23.1 Å². The third kappa shape index (κ3) is 6.76. The smallest absolute Gasteiger partial charge is 0.338 e. The molecule has 0 bridgehead atoms. The molecule has 1 aromatic rings. The average Bonchev–Trinajstić information content (AvgIpc) is 2.62. The molecule has 8 heteroatoms. The maximum atomic E-state index is 12.2. The highest BCUT2D eigenvalue weighted by atomic mass is 32.2. The minimum atomic E-state index is -4.60. The van der Waals surface area contributed by atoms with Crippen LogP contribution < -0.4 is 0 Å². The van der Waals surface area contributed by atoms with Crippen LogP contribution in [0.3, 0.4) is 0 Å². The summed E-state index contributed by atoms with van der Waals surface area (Å²) < 4.78 is 42.5. The molecule has 0 aliphatic heterocycles. The summed E-state index contributed by atoms with van der Waals surface area (Å²) in [7, 11) is -4.60. The Morgan fingerprint density at radius 2 is 1.31 bits per heavy atom. The molecule has 0 saturated carbocycles. The maximum Gasteiger partial charge on any atom is 0.338 e. The van der Waals surface area contributed by atoms with Gasteiger partial charge in [0.25, 0.3) is 10.1 Å². The normalized spacial score (nSPS) is 13.7. The molecule has 1 rings (SSSR count). The number of carbonyl (C=O) groups is 2. The molecule has 7 nitrogen and oxygen atoms in total. The standard InChI is InChI=1S/C18H26O7S/c1-5-12(3)10-24-17(19)14-7-15(9-16(8-14)26(21,22)23)18(20)25-11-13(4)6-2/h7-9,12-13H,5-6,10-11H2,1-4H3,(H,21,22,23). The van der Waals surface area contributed by atoms with Gasteiger partial charge < -0.3 is 9.47 Å². The largest absolute Gasteiger partial charge is 0.462 e. The van der Waals surface area contributed by atoms with Crippen molar-refractivity contribution in [1.29, 1.82) is 0 Å². The zero-order valence-electron chi connectivity index (χ0n) is 15.5. The second kappa shape index (κ2) is 9.68. The van der Waals surface area contributed by atoms with Crippen LogP contribution in [0.1, 0.15) is 61.3 Å². The average molecular weight is 386 g/mol. The van der Waals surface area contributed by atoms with Gasteiger partial charge >= 0.3 is 11.9 Å². The van der Waals surface area contributed by atoms with E-state index in [-0.39, 0.29) is 36.2 Å². The van der Waals surface area contributed by atoms with Gasteiger partial charge in [-0.2, -0.15) is 8.42 Å². The lowest BCUT2D eigenvalue weighted by Gasteiger charge is -2.12. The van der Waals surface area contributed by atoms with Crippen LogP contribution in [0.2, 0.25) is 0 Å². The zero-order chi connectivity index (χ0) is 19.9. The highest BCUT2D eigenvalue weighted by Gasteiger charge is 2.20.